The first-order valence-electron chi connectivity index (χ1n) is 14.6. The number of nitrogens with one attached hydrogen (secondary N) is 1. The Labute approximate surface area is 257 Å². The number of hydrogen-bond acceptors (Lipinski definition) is 6. The van der Waals surface area contributed by atoms with Crippen LogP contribution in [0.5, 0.6) is 0 Å². The van der Waals surface area contributed by atoms with Gasteiger partial charge in [0.15, 0.2) is 6.61 Å². The molecule has 0 unspecified atom stereocenters. The number of thiophene rings is 1. The lowest BCUT2D eigenvalue weighted by atomic mass is 9.69. The Balaban J connectivity index is 1.42. The van der Waals surface area contributed by atoms with Gasteiger partial charge in [0.05, 0.1) is 16.8 Å². The highest BCUT2D eigenvalue weighted by atomic mass is 32.1. The van der Waals surface area contributed by atoms with Crippen LogP contribution in [0.25, 0.3) is 22.6 Å². The zero-order valence-electron chi connectivity index (χ0n) is 25.6. The summed E-state index contributed by atoms with van der Waals surface area (Å²) in [7, 11) is 0. The summed E-state index contributed by atoms with van der Waals surface area (Å²) in [6.07, 6.45) is 3.68. The first kappa shape index (κ1) is 30.4. The molecular weight excluding hydrogens is 556 g/mol. The Hall–Kier alpha value is -4.10. The van der Waals surface area contributed by atoms with Gasteiger partial charge < -0.3 is 4.74 Å². The number of amides is 2. The van der Waals surface area contributed by atoms with E-state index in [2.05, 4.69) is 59.0 Å². The molecule has 2 aromatic carbocycles. The normalized spacial score (nSPS) is 16.1. The van der Waals surface area contributed by atoms with Crippen LogP contribution in [0.2, 0.25) is 0 Å². The molecule has 1 atom stereocenters. The Morgan fingerprint density at radius 3 is 2.33 bits per heavy atom. The Morgan fingerprint density at radius 1 is 0.953 bits per heavy atom. The molecule has 43 heavy (non-hydrogen) atoms. The molecule has 222 valence electrons. The molecule has 0 radical (unpaired) electrons. The molecule has 2 amide bonds. The van der Waals surface area contributed by atoms with Gasteiger partial charge in [0, 0.05) is 15.8 Å². The third kappa shape index (κ3) is 6.78. The molecule has 0 spiro atoms. The van der Waals surface area contributed by atoms with Crippen molar-refractivity contribution in [1.29, 1.82) is 0 Å². The van der Waals surface area contributed by atoms with Gasteiger partial charge in [-0.15, -0.1) is 11.3 Å². The number of imide groups is 1. The Bertz CT molecular complexity index is 1710. The molecule has 2 aromatic heterocycles. The molecule has 5 rings (SSSR count). The quantitative estimate of drug-likeness (QED) is 0.238. The summed E-state index contributed by atoms with van der Waals surface area (Å²) >= 11 is 1.66. The van der Waals surface area contributed by atoms with Gasteiger partial charge in [-0.2, -0.15) is 0 Å². The Morgan fingerprint density at radius 2 is 1.67 bits per heavy atom. The second-order valence-electron chi connectivity index (χ2n) is 13.3. The van der Waals surface area contributed by atoms with Gasteiger partial charge in [0.1, 0.15) is 0 Å². The fourth-order valence-corrected chi connectivity index (χ4v) is 6.16. The molecule has 0 saturated heterocycles. The van der Waals surface area contributed by atoms with Crippen molar-refractivity contribution in [3.05, 3.63) is 98.9 Å². The van der Waals surface area contributed by atoms with E-state index in [0.717, 1.165) is 33.7 Å². The van der Waals surface area contributed by atoms with Crippen LogP contribution < -0.4 is 5.32 Å². The number of carbonyl (C=O) groups excluding carboxylic acids is 3. The number of hydrogen-bond donors (Lipinski definition) is 1. The fourth-order valence-electron chi connectivity index (χ4n) is 5.47. The van der Waals surface area contributed by atoms with Gasteiger partial charge in [0.2, 0.25) is 0 Å². The topological polar surface area (TPSA) is 85.4 Å². The summed E-state index contributed by atoms with van der Waals surface area (Å²) in [5, 5.41) is 5.08. The van der Waals surface area contributed by atoms with E-state index >= 15 is 0 Å². The van der Waals surface area contributed by atoms with Crippen LogP contribution in [0.15, 0.2) is 66.0 Å². The summed E-state index contributed by atoms with van der Waals surface area (Å²) < 4.78 is 5.58. The SMILES string of the molecule is CC(C)(C)c1ccc(C(=O)NC(=O)COC(=O)c2c3c(nc4ccccc24)/C(=C/c2cccs2)C[C@@H](C(C)(C)C)C3)cc1. The molecule has 1 N–H and O–H groups in total. The number of carbonyl (C=O) groups is 3. The second-order valence-corrected chi connectivity index (χ2v) is 14.2. The third-order valence-corrected chi connectivity index (χ3v) is 8.92. The van der Waals surface area contributed by atoms with Crippen LogP contribution in [0.4, 0.5) is 0 Å². The van der Waals surface area contributed by atoms with E-state index in [1.165, 1.54) is 0 Å². The van der Waals surface area contributed by atoms with Crippen LogP contribution >= 0.6 is 11.3 Å². The van der Waals surface area contributed by atoms with Gasteiger partial charge in [-0.25, -0.2) is 9.78 Å². The first-order chi connectivity index (χ1) is 20.3. The van der Waals surface area contributed by atoms with Crippen LogP contribution in [0.1, 0.15) is 90.4 Å². The maximum absolute atomic E-state index is 13.8. The Kier molecular flexibility index (Phi) is 8.39. The molecule has 0 bridgehead atoms. The maximum atomic E-state index is 13.8. The van der Waals surface area contributed by atoms with Crippen molar-refractivity contribution in [2.24, 2.45) is 11.3 Å². The lowest BCUT2D eigenvalue weighted by molar-refractivity contribution is -0.123. The van der Waals surface area contributed by atoms with Crippen molar-refractivity contribution in [2.45, 2.75) is 59.8 Å². The lowest BCUT2D eigenvalue weighted by Gasteiger charge is -2.36. The number of nitrogens with zero attached hydrogens (tertiary/aromatic N) is 1. The summed E-state index contributed by atoms with van der Waals surface area (Å²) in [6.45, 7) is 12.4. The molecule has 6 nitrogen and oxygen atoms in total. The molecule has 4 aromatic rings. The highest BCUT2D eigenvalue weighted by Crippen LogP contribution is 2.45. The number of aromatic nitrogens is 1. The van der Waals surface area contributed by atoms with E-state index in [1.54, 1.807) is 23.5 Å². The van der Waals surface area contributed by atoms with Gasteiger partial charge in [-0.05, 0) is 82.0 Å². The summed E-state index contributed by atoms with van der Waals surface area (Å²) in [5.41, 5.74) is 5.24. The number of fused-ring (bicyclic) bond motifs is 2. The van der Waals surface area contributed by atoms with E-state index < -0.39 is 24.4 Å². The van der Waals surface area contributed by atoms with Crippen LogP contribution in [-0.4, -0.2) is 29.4 Å². The van der Waals surface area contributed by atoms with Gasteiger partial charge in [-0.1, -0.05) is 77.9 Å². The van der Waals surface area contributed by atoms with Gasteiger partial charge >= 0.3 is 5.97 Å². The van der Waals surface area contributed by atoms with Crippen LogP contribution in [0, 0.1) is 11.3 Å². The van der Waals surface area contributed by atoms with Crippen LogP contribution in [0.3, 0.4) is 0 Å². The molecule has 7 heteroatoms. The molecule has 1 aliphatic rings. The summed E-state index contributed by atoms with van der Waals surface area (Å²) in [6, 6.07) is 18.8. The number of para-hydroxylation sites is 1. The summed E-state index contributed by atoms with van der Waals surface area (Å²) in [4.78, 5) is 45.4. The minimum atomic E-state index is -0.684. The predicted octanol–water partition coefficient (Wildman–Crippen LogP) is 7.86. The summed E-state index contributed by atoms with van der Waals surface area (Å²) in [5.74, 6) is -1.55. The number of rotatable bonds is 5. The van der Waals surface area contributed by atoms with E-state index in [0.29, 0.717) is 28.5 Å². The predicted molar refractivity (Wildman–Crippen MR) is 173 cm³/mol. The third-order valence-electron chi connectivity index (χ3n) is 8.10. The molecular formula is C36H38N2O4S. The number of allylic oxidation sites excluding steroid dienone is 1. The number of esters is 1. The number of benzene rings is 2. The molecule has 0 fully saturated rings. The minimum Gasteiger partial charge on any atom is -0.452 e. The van der Waals surface area contributed by atoms with E-state index in [-0.39, 0.29) is 16.7 Å². The molecule has 0 saturated carbocycles. The van der Waals surface area contributed by atoms with Gasteiger partial charge in [-0.3, -0.25) is 14.9 Å². The van der Waals surface area contributed by atoms with Crippen molar-refractivity contribution < 1.29 is 19.1 Å². The monoisotopic (exact) mass is 594 g/mol. The smallest absolute Gasteiger partial charge is 0.339 e. The first-order valence-corrected chi connectivity index (χ1v) is 15.5. The molecule has 2 heterocycles. The molecule has 0 aliphatic heterocycles. The average molecular weight is 595 g/mol. The van der Waals surface area contributed by atoms with Crippen molar-refractivity contribution in [1.82, 2.24) is 10.3 Å². The standard InChI is InChI=1S/C36H38N2O4S/c1-35(2,3)24-15-13-22(14-16-24)33(40)38-30(39)21-42-34(41)31-27-11-7-8-12-29(27)37-32-23(19-26-10-9-17-43-26)18-25(20-28(31)32)36(4,5)6/h7-17,19,25H,18,20-21H2,1-6H3,(H,38,39,40)/b23-19+/t25-/m1/s1. The highest BCUT2D eigenvalue weighted by molar-refractivity contribution is 7.10. The van der Waals surface area contributed by atoms with E-state index in [4.69, 9.17) is 9.72 Å². The van der Waals surface area contributed by atoms with E-state index in [1.807, 2.05) is 47.8 Å². The lowest BCUT2D eigenvalue weighted by Crippen LogP contribution is -2.34. The van der Waals surface area contributed by atoms with Crippen molar-refractivity contribution in [2.75, 3.05) is 6.61 Å². The van der Waals surface area contributed by atoms with Crippen molar-refractivity contribution in [3.8, 4) is 0 Å². The zero-order chi connectivity index (χ0) is 30.9. The average Bonchev–Trinajstić information content (AvgIpc) is 3.47. The van der Waals surface area contributed by atoms with E-state index in [9.17, 15) is 14.4 Å². The number of ether oxygens (including phenoxy) is 1. The fraction of sp³-hybridized carbons (Fsp3) is 0.333. The van der Waals surface area contributed by atoms with Crippen molar-refractivity contribution >= 4 is 51.7 Å². The highest BCUT2D eigenvalue weighted by Gasteiger charge is 2.35. The zero-order valence-corrected chi connectivity index (χ0v) is 26.4. The second kappa shape index (κ2) is 11.9. The molecule has 1 aliphatic carbocycles. The van der Waals surface area contributed by atoms with Crippen LogP contribution in [-0.2, 0) is 21.4 Å². The van der Waals surface area contributed by atoms with Gasteiger partial charge in [0.25, 0.3) is 11.8 Å². The van der Waals surface area contributed by atoms with Crippen molar-refractivity contribution in [3.63, 3.8) is 0 Å². The maximum Gasteiger partial charge on any atom is 0.339 e. The number of pyridine rings is 1. The largest absolute Gasteiger partial charge is 0.452 e. The minimum absolute atomic E-state index is 0.00954.